The van der Waals surface area contributed by atoms with E-state index in [-0.39, 0.29) is 10.5 Å². The molecule has 0 spiro atoms. The summed E-state index contributed by atoms with van der Waals surface area (Å²) >= 11 is 0. The van der Waals surface area contributed by atoms with E-state index in [4.69, 9.17) is 5.11 Å². The SMILES string of the molecule is O=C(O)CN(CC(F)(F)F)C(=O)C=Cc1cccc(F)c1. The monoisotopic (exact) mass is 305 g/mol. The number of alkyl halides is 3. The number of nitrogens with zero attached hydrogens (tertiary/aromatic N) is 1. The van der Waals surface area contributed by atoms with Gasteiger partial charge in [-0.05, 0) is 23.8 Å². The van der Waals surface area contributed by atoms with Gasteiger partial charge in [0.2, 0.25) is 5.91 Å². The normalized spacial score (nSPS) is 11.6. The average molecular weight is 305 g/mol. The van der Waals surface area contributed by atoms with Gasteiger partial charge in [-0.1, -0.05) is 12.1 Å². The first-order valence-electron chi connectivity index (χ1n) is 5.68. The average Bonchev–Trinajstić information content (AvgIpc) is 2.33. The molecule has 0 aliphatic heterocycles. The predicted molar refractivity (Wildman–Crippen MR) is 65.7 cm³/mol. The van der Waals surface area contributed by atoms with Gasteiger partial charge in [-0.15, -0.1) is 0 Å². The number of halogens is 4. The first kappa shape index (κ1) is 16.7. The molecule has 1 N–H and O–H groups in total. The van der Waals surface area contributed by atoms with Crippen LogP contribution in [-0.2, 0) is 9.59 Å². The van der Waals surface area contributed by atoms with Crippen LogP contribution in [0.15, 0.2) is 30.3 Å². The minimum absolute atomic E-state index is 0.137. The van der Waals surface area contributed by atoms with Crippen molar-refractivity contribution in [3.05, 3.63) is 41.7 Å². The van der Waals surface area contributed by atoms with E-state index in [1.165, 1.54) is 18.2 Å². The number of benzene rings is 1. The third-order valence-electron chi connectivity index (χ3n) is 2.27. The first-order valence-corrected chi connectivity index (χ1v) is 5.68. The minimum atomic E-state index is -4.71. The lowest BCUT2D eigenvalue weighted by molar-refractivity contribution is -0.163. The summed E-state index contributed by atoms with van der Waals surface area (Å²) in [5.74, 6) is -3.26. The molecule has 0 radical (unpaired) electrons. The highest BCUT2D eigenvalue weighted by atomic mass is 19.4. The number of amides is 1. The van der Waals surface area contributed by atoms with Crippen molar-refractivity contribution in [3.63, 3.8) is 0 Å². The van der Waals surface area contributed by atoms with E-state index in [2.05, 4.69) is 0 Å². The molecule has 0 saturated carbocycles. The van der Waals surface area contributed by atoms with Crippen LogP contribution >= 0.6 is 0 Å². The fourth-order valence-corrected chi connectivity index (χ4v) is 1.47. The molecule has 1 aromatic rings. The van der Waals surface area contributed by atoms with Gasteiger partial charge in [-0.2, -0.15) is 13.2 Å². The topological polar surface area (TPSA) is 57.6 Å². The van der Waals surface area contributed by atoms with Crippen LogP contribution in [0.4, 0.5) is 17.6 Å². The zero-order chi connectivity index (χ0) is 16.0. The van der Waals surface area contributed by atoms with Crippen molar-refractivity contribution in [1.29, 1.82) is 0 Å². The van der Waals surface area contributed by atoms with Gasteiger partial charge < -0.3 is 10.0 Å². The number of carboxylic acid groups (broad SMARTS) is 1. The Bertz CT molecular complexity index is 555. The smallest absolute Gasteiger partial charge is 0.406 e. The Labute approximate surface area is 117 Å². The lowest BCUT2D eigenvalue weighted by Crippen LogP contribution is -2.41. The fraction of sp³-hybridized carbons (Fsp3) is 0.231. The summed E-state index contributed by atoms with van der Waals surface area (Å²) in [7, 11) is 0. The molecule has 0 bridgehead atoms. The van der Waals surface area contributed by atoms with Gasteiger partial charge >= 0.3 is 12.1 Å². The lowest BCUT2D eigenvalue weighted by atomic mass is 10.2. The van der Waals surface area contributed by atoms with Crippen LogP contribution in [0.2, 0.25) is 0 Å². The third-order valence-corrected chi connectivity index (χ3v) is 2.27. The molecule has 8 heteroatoms. The summed E-state index contributed by atoms with van der Waals surface area (Å²) in [6, 6.07) is 5.05. The quantitative estimate of drug-likeness (QED) is 0.671. The number of hydrogen-bond acceptors (Lipinski definition) is 2. The minimum Gasteiger partial charge on any atom is -0.480 e. The largest absolute Gasteiger partial charge is 0.480 e. The maximum Gasteiger partial charge on any atom is 0.406 e. The van der Waals surface area contributed by atoms with E-state index < -0.39 is 37.0 Å². The molecule has 1 amide bonds. The van der Waals surface area contributed by atoms with Crippen LogP contribution in [0.5, 0.6) is 0 Å². The van der Waals surface area contributed by atoms with Crippen LogP contribution < -0.4 is 0 Å². The van der Waals surface area contributed by atoms with E-state index in [1.54, 1.807) is 0 Å². The Morgan fingerprint density at radius 2 is 1.95 bits per heavy atom. The molecule has 1 rings (SSSR count). The van der Waals surface area contributed by atoms with Crippen molar-refractivity contribution >= 4 is 18.0 Å². The number of carboxylic acids is 1. The van der Waals surface area contributed by atoms with Crippen LogP contribution in [0.25, 0.3) is 6.08 Å². The van der Waals surface area contributed by atoms with Crippen molar-refractivity contribution in [2.45, 2.75) is 6.18 Å². The number of rotatable bonds is 5. The highest BCUT2D eigenvalue weighted by Gasteiger charge is 2.33. The molecule has 0 saturated heterocycles. The Hall–Kier alpha value is -2.38. The molecule has 0 aliphatic carbocycles. The van der Waals surface area contributed by atoms with Gasteiger partial charge in [-0.25, -0.2) is 4.39 Å². The second-order valence-corrected chi connectivity index (χ2v) is 4.09. The molecule has 1 aromatic carbocycles. The van der Waals surface area contributed by atoms with Crippen LogP contribution in [0, 0.1) is 5.82 Å². The highest BCUT2D eigenvalue weighted by Crippen LogP contribution is 2.17. The number of hydrogen-bond donors (Lipinski definition) is 1. The second kappa shape index (κ2) is 6.87. The summed E-state index contributed by atoms with van der Waals surface area (Å²) in [6.45, 7) is -2.75. The molecule has 0 fully saturated rings. The standard InChI is InChI=1S/C13H11F4NO3/c14-10-3-1-2-9(6-10)4-5-11(19)18(7-12(20)21)8-13(15,16)17/h1-6H,7-8H2,(H,20,21). The van der Waals surface area contributed by atoms with Crippen molar-refractivity contribution in [2.75, 3.05) is 13.1 Å². The first-order chi connectivity index (χ1) is 9.67. The Kier molecular flexibility index (Phi) is 5.45. The molecule has 0 heterocycles. The Balaban J connectivity index is 2.82. The maximum atomic E-state index is 12.9. The molecule has 0 unspecified atom stereocenters. The van der Waals surface area contributed by atoms with E-state index in [9.17, 15) is 27.2 Å². The molecular weight excluding hydrogens is 294 g/mol. The molecule has 21 heavy (non-hydrogen) atoms. The van der Waals surface area contributed by atoms with E-state index >= 15 is 0 Å². The van der Waals surface area contributed by atoms with Crippen molar-refractivity contribution in [1.82, 2.24) is 4.90 Å². The highest BCUT2D eigenvalue weighted by molar-refractivity contribution is 5.93. The van der Waals surface area contributed by atoms with E-state index in [0.717, 1.165) is 18.2 Å². The summed E-state index contributed by atoms with van der Waals surface area (Å²) in [6.07, 6.45) is -2.84. The van der Waals surface area contributed by atoms with Gasteiger partial charge in [0.05, 0.1) is 0 Å². The third kappa shape index (κ3) is 6.55. The van der Waals surface area contributed by atoms with E-state index in [1.807, 2.05) is 0 Å². The number of carbonyl (C=O) groups is 2. The number of aliphatic carboxylic acids is 1. The summed E-state index contributed by atoms with van der Waals surface area (Å²) in [4.78, 5) is 22.2. The summed E-state index contributed by atoms with van der Waals surface area (Å²) < 4.78 is 49.7. The van der Waals surface area contributed by atoms with Crippen LogP contribution in [0.1, 0.15) is 5.56 Å². The molecular formula is C13H11F4NO3. The summed E-state index contributed by atoms with van der Waals surface area (Å²) in [5, 5.41) is 8.52. The van der Waals surface area contributed by atoms with Gasteiger partial charge in [0.1, 0.15) is 18.9 Å². The van der Waals surface area contributed by atoms with Crippen molar-refractivity contribution < 1.29 is 32.3 Å². The zero-order valence-electron chi connectivity index (χ0n) is 10.6. The maximum absolute atomic E-state index is 12.9. The predicted octanol–water partition coefficient (Wildman–Crippen LogP) is 2.31. The van der Waals surface area contributed by atoms with Crippen molar-refractivity contribution in [3.8, 4) is 0 Å². The van der Waals surface area contributed by atoms with Gasteiger partial charge in [0, 0.05) is 6.08 Å². The van der Waals surface area contributed by atoms with Crippen molar-refractivity contribution in [2.24, 2.45) is 0 Å². The molecule has 0 atom stereocenters. The van der Waals surface area contributed by atoms with Crippen LogP contribution in [0.3, 0.4) is 0 Å². The van der Waals surface area contributed by atoms with Gasteiger partial charge in [0.15, 0.2) is 0 Å². The van der Waals surface area contributed by atoms with Crippen LogP contribution in [-0.4, -0.2) is 41.1 Å². The Morgan fingerprint density at radius 1 is 1.29 bits per heavy atom. The second-order valence-electron chi connectivity index (χ2n) is 4.09. The van der Waals surface area contributed by atoms with E-state index in [0.29, 0.717) is 0 Å². The van der Waals surface area contributed by atoms with Gasteiger partial charge in [-0.3, -0.25) is 9.59 Å². The molecule has 0 aliphatic rings. The lowest BCUT2D eigenvalue weighted by Gasteiger charge is -2.20. The number of carbonyl (C=O) groups excluding carboxylic acids is 1. The molecule has 0 aromatic heterocycles. The fourth-order valence-electron chi connectivity index (χ4n) is 1.47. The van der Waals surface area contributed by atoms with Gasteiger partial charge in [0.25, 0.3) is 0 Å². The Morgan fingerprint density at radius 3 is 2.48 bits per heavy atom. The summed E-state index contributed by atoms with van der Waals surface area (Å²) in [5.41, 5.74) is 0.269. The molecule has 4 nitrogen and oxygen atoms in total. The molecule has 114 valence electrons. The zero-order valence-corrected chi connectivity index (χ0v) is 10.6.